The number of rotatable bonds is 8. The van der Waals surface area contributed by atoms with Gasteiger partial charge >= 0.3 is 0 Å². The molecule has 8 nitrogen and oxygen atoms in total. The number of hydrogen-bond acceptors (Lipinski definition) is 6. The van der Waals surface area contributed by atoms with Crippen LogP contribution in [-0.4, -0.2) is 77.6 Å². The smallest absolute Gasteiger partial charge is 0.251 e. The van der Waals surface area contributed by atoms with Gasteiger partial charge in [0.25, 0.3) is 5.91 Å². The lowest BCUT2D eigenvalue weighted by Gasteiger charge is -2.26. The van der Waals surface area contributed by atoms with E-state index in [-0.39, 0.29) is 48.1 Å². The van der Waals surface area contributed by atoms with Crippen LogP contribution < -0.4 is 10.6 Å². The maximum Gasteiger partial charge on any atom is 0.251 e. The lowest BCUT2D eigenvalue weighted by molar-refractivity contribution is -0.137. The number of amides is 3. The van der Waals surface area contributed by atoms with Gasteiger partial charge in [-0.1, -0.05) is 25.1 Å². The number of ketones is 1. The standard InChI is InChI=1S/C28H34N4O4S/c1-18(10-13-30-27(35)20-8-6-19(7-9-20)24-5-3-15-37-24)16-25(34)31-14-11-22-26(31)23(33)17-32(22)28(36)21-4-2-12-29-21/h3,5-9,15,18,21-22,26,29H,2,4,10-14,16-17H2,1H3,(H,30,35). The number of Topliss-reactive ketones (excluding diaryl/α,β-unsaturated/α-hetero) is 1. The number of benzene rings is 1. The molecule has 3 aliphatic rings. The Bertz CT molecular complexity index is 1140. The highest BCUT2D eigenvalue weighted by Gasteiger charge is 2.52. The van der Waals surface area contributed by atoms with E-state index in [4.69, 9.17) is 0 Å². The van der Waals surface area contributed by atoms with Gasteiger partial charge < -0.3 is 20.4 Å². The molecule has 2 N–H and O–H groups in total. The second-order valence-corrected chi connectivity index (χ2v) is 11.3. The van der Waals surface area contributed by atoms with Crippen molar-refractivity contribution >= 4 is 34.8 Å². The molecule has 5 rings (SSSR count). The van der Waals surface area contributed by atoms with Gasteiger partial charge in [0.15, 0.2) is 5.78 Å². The van der Waals surface area contributed by atoms with Crippen LogP contribution in [0.25, 0.3) is 10.4 Å². The zero-order chi connectivity index (χ0) is 25.9. The largest absolute Gasteiger partial charge is 0.352 e. The molecule has 1 aromatic heterocycles. The number of carbonyl (C=O) groups is 4. The third-order valence-electron chi connectivity index (χ3n) is 7.78. The van der Waals surface area contributed by atoms with E-state index in [1.54, 1.807) is 21.1 Å². The van der Waals surface area contributed by atoms with Crippen molar-refractivity contribution in [2.24, 2.45) is 5.92 Å². The van der Waals surface area contributed by atoms with E-state index < -0.39 is 6.04 Å². The quantitative estimate of drug-likeness (QED) is 0.556. The maximum atomic E-state index is 13.1. The van der Waals surface area contributed by atoms with Gasteiger partial charge in [0.05, 0.1) is 18.6 Å². The summed E-state index contributed by atoms with van der Waals surface area (Å²) < 4.78 is 0. The van der Waals surface area contributed by atoms with Crippen LogP contribution in [0.15, 0.2) is 41.8 Å². The Morgan fingerprint density at radius 3 is 2.65 bits per heavy atom. The topological polar surface area (TPSA) is 98.8 Å². The SMILES string of the molecule is CC(CCNC(=O)c1ccc(-c2cccs2)cc1)CC(=O)N1CCC2C1C(=O)CN2C(=O)C1CCCN1. The predicted octanol–water partition coefficient (Wildman–Crippen LogP) is 2.69. The third kappa shape index (κ3) is 5.48. The monoisotopic (exact) mass is 522 g/mol. The first-order valence-electron chi connectivity index (χ1n) is 13.2. The molecule has 0 aliphatic carbocycles. The summed E-state index contributed by atoms with van der Waals surface area (Å²) in [6.45, 7) is 3.91. The van der Waals surface area contributed by atoms with Gasteiger partial charge in [-0.05, 0) is 67.3 Å². The molecule has 4 unspecified atom stereocenters. The Kier molecular flexibility index (Phi) is 7.71. The second-order valence-electron chi connectivity index (χ2n) is 10.4. The van der Waals surface area contributed by atoms with E-state index >= 15 is 0 Å². The molecular formula is C28H34N4O4S. The molecule has 1 aromatic carbocycles. The second kappa shape index (κ2) is 11.1. The summed E-state index contributed by atoms with van der Waals surface area (Å²) in [4.78, 5) is 55.9. The first-order valence-corrected chi connectivity index (χ1v) is 14.1. The number of nitrogens with one attached hydrogen (secondary N) is 2. The summed E-state index contributed by atoms with van der Waals surface area (Å²) in [6.07, 6.45) is 3.41. The van der Waals surface area contributed by atoms with Crippen molar-refractivity contribution in [1.29, 1.82) is 0 Å². The first kappa shape index (κ1) is 25.6. The van der Waals surface area contributed by atoms with Crippen LogP contribution in [0.2, 0.25) is 0 Å². The fourth-order valence-corrected chi connectivity index (χ4v) is 6.50. The molecule has 37 heavy (non-hydrogen) atoms. The van der Waals surface area contributed by atoms with E-state index in [0.717, 1.165) is 24.9 Å². The van der Waals surface area contributed by atoms with Gasteiger partial charge in [-0.25, -0.2) is 0 Å². The summed E-state index contributed by atoms with van der Waals surface area (Å²) >= 11 is 1.66. The fraction of sp³-hybridized carbons (Fsp3) is 0.500. The van der Waals surface area contributed by atoms with Crippen LogP contribution >= 0.6 is 11.3 Å². The minimum Gasteiger partial charge on any atom is -0.352 e. The lowest BCUT2D eigenvalue weighted by atomic mass is 10.0. The average molecular weight is 523 g/mol. The minimum atomic E-state index is -0.512. The molecule has 4 atom stereocenters. The molecule has 0 bridgehead atoms. The average Bonchev–Trinajstić information content (AvgIpc) is 3.70. The normalized spacial score (nSPS) is 23.8. The van der Waals surface area contributed by atoms with E-state index in [2.05, 4.69) is 16.7 Å². The van der Waals surface area contributed by atoms with Gasteiger partial charge in [0.1, 0.15) is 6.04 Å². The summed E-state index contributed by atoms with van der Waals surface area (Å²) in [5.41, 5.74) is 1.70. The first-order chi connectivity index (χ1) is 17.9. The zero-order valence-electron chi connectivity index (χ0n) is 21.2. The minimum absolute atomic E-state index is 0.00193. The highest BCUT2D eigenvalue weighted by molar-refractivity contribution is 7.13. The lowest BCUT2D eigenvalue weighted by Crippen LogP contribution is -2.47. The van der Waals surface area contributed by atoms with Crippen LogP contribution in [0.5, 0.6) is 0 Å². The number of carbonyl (C=O) groups excluding carboxylic acids is 4. The Hall–Kier alpha value is -3.04. The molecule has 0 radical (unpaired) electrons. The number of nitrogens with zero attached hydrogens (tertiary/aromatic N) is 2. The fourth-order valence-electron chi connectivity index (χ4n) is 5.77. The van der Waals surface area contributed by atoms with Crippen LogP contribution in [-0.2, 0) is 14.4 Å². The Balaban J connectivity index is 1.08. The summed E-state index contributed by atoms with van der Waals surface area (Å²) in [7, 11) is 0. The highest BCUT2D eigenvalue weighted by atomic mass is 32.1. The van der Waals surface area contributed by atoms with Gasteiger partial charge in [0.2, 0.25) is 11.8 Å². The molecule has 4 heterocycles. The Labute approximate surface area is 221 Å². The van der Waals surface area contributed by atoms with Crippen molar-refractivity contribution in [2.45, 2.75) is 57.2 Å². The van der Waals surface area contributed by atoms with Crippen LogP contribution in [0, 0.1) is 5.92 Å². The third-order valence-corrected chi connectivity index (χ3v) is 8.70. The van der Waals surface area contributed by atoms with Crippen molar-refractivity contribution in [1.82, 2.24) is 20.4 Å². The van der Waals surface area contributed by atoms with Crippen molar-refractivity contribution in [3.05, 3.63) is 47.3 Å². The Morgan fingerprint density at radius 2 is 1.95 bits per heavy atom. The van der Waals surface area contributed by atoms with Gasteiger partial charge in [0, 0.05) is 30.0 Å². The van der Waals surface area contributed by atoms with E-state index in [1.807, 2.05) is 42.6 Å². The molecule has 0 spiro atoms. The Morgan fingerprint density at radius 1 is 1.14 bits per heavy atom. The van der Waals surface area contributed by atoms with E-state index in [0.29, 0.717) is 37.9 Å². The maximum absolute atomic E-state index is 13.1. The summed E-state index contributed by atoms with van der Waals surface area (Å²) in [5, 5.41) is 8.20. The van der Waals surface area contributed by atoms with Crippen LogP contribution in [0.3, 0.4) is 0 Å². The van der Waals surface area contributed by atoms with Crippen molar-refractivity contribution < 1.29 is 19.2 Å². The molecule has 3 amide bonds. The van der Waals surface area contributed by atoms with E-state index in [9.17, 15) is 19.2 Å². The molecule has 0 saturated carbocycles. The summed E-state index contributed by atoms with van der Waals surface area (Å²) in [6, 6.07) is 10.7. The molecular weight excluding hydrogens is 488 g/mol. The van der Waals surface area contributed by atoms with Crippen molar-refractivity contribution in [3.8, 4) is 10.4 Å². The van der Waals surface area contributed by atoms with Crippen molar-refractivity contribution in [3.63, 3.8) is 0 Å². The molecule has 3 fully saturated rings. The predicted molar refractivity (Wildman–Crippen MR) is 142 cm³/mol. The molecule has 3 saturated heterocycles. The van der Waals surface area contributed by atoms with Gasteiger partial charge in [-0.2, -0.15) is 0 Å². The molecule has 2 aromatic rings. The zero-order valence-corrected chi connectivity index (χ0v) is 22.0. The number of fused-ring (bicyclic) bond motifs is 1. The number of thiophene rings is 1. The number of hydrogen-bond donors (Lipinski definition) is 2. The molecule has 196 valence electrons. The highest BCUT2D eigenvalue weighted by Crippen LogP contribution is 2.32. The van der Waals surface area contributed by atoms with E-state index in [1.165, 1.54) is 4.88 Å². The van der Waals surface area contributed by atoms with Crippen LogP contribution in [0.4, 0.5) is 0 Å². The molecule has 9 heteroatoms. The van der Waals surface area contributed by atoms with Crippen molar-refractivity contribution in [2.75, 3.05) is 26.2 Å². The summed E-state index contributed by atoms with van der Waals surface area (Å²) in [5.74, 6) is -0.149. The van der Waals surface area contributed by atoms with Gasteiger partial charge in [-0.3, -0.25) is 19.2 Å². The molecule has 3 aliphatic heterocycles. The number of likely N-dealkylation sites (tertiary alicyclic amines) is 2. The van der Waals surface area contributed by atoms with Gasteiger partial charge in [-0.15, -0.1) is 11.3 Å². The van der Waals surface area contributed by atoms with Crippen LogP contribution in [0.1, 0.15) is 49.4 Å².